The van der Waals surface area contributed by atoms with Crippen LogP contribution in [0.3, 0.4) is 0 Å². The molecule has 0 bridgehead atoms. The first-order valence-corrected chi connectivity index (χ1v) is 9.93. The zero-order chi connectivity index (χ0) is 19.9. The monoisotopic (exact) mass is 395 g/mol. The van der Waals surface area contributed by atoms with Crippen LogP contribution in [0.5, 0.6) is 0 Å². The number of ether oxygens (including phenoxy) is 1. The van der Waals surface area contributed by atoms with Crippen LogP contribution < -0.4 is 16.0 Å². The Kier molecular flexibility index (Phi) is 7.46. The lowest BCUT2D eigenvalue weighted by Crippen LogP contribution is -2.63. The van der Waals surface area contributed by atoms with E-state index in [1.54, 1.807) is 11.9 Å². The van der Waals surface area contributed by atoms with E-state index in [-0.39, 0.29) is 18.0 Å². The van der Waals surface area contributed by atoms with E-state index in [0.29, 0.717) is 32.1 Å². The standard InChI is InChI=1S/C18H29N5O3S/c1-18(2,3)26-17(25)23-11-13(12-23)22-16(19-4)21-9-6-8-20-15(24)14-7-5-10-27-14/h5,7,10,13H,6,8-9,11-12H2,1-4H3,(H,20,24)(H2,19,21,22). The molecule has 1 saturated heterocycles. The number of amides is 2. The highest BCUT2D eigenvalue weighted by atomic mass is 32.1. The van der Waals surface area contributed by atoms with Crippen molar-refractivity contribution in [3.8, 4) is 0 Å². The highest BCUT2D eigenvalue weighted by Gasteiger charge is 2.34. The maximum Gasteiger partial charge on any atom is 0.410 e. The van der Waals surface area contributed by atoms with E-state index in [0.717, 1.165) is 11.3 Å². The fraction of sp³-hybridized carbons (Fsp3) is 0.611. The number of hydrogen-bond donors (Lipinski definition) is 3. The Bertz CT molecular complexity index is 648. The number of carbonyl (C=O) groups is 2. The molecule has 0 atom stereocenters. The molecule has 1 aromatic rings. The van der Waals surface area contributed by atoms with Gasteiger partial charge in [0, 0.05) is 33.2 Å². The predicted molar refractivity (Wildman–Crippen MR) is 107 cm³/mol. The van der Waals surface area contributed by atoms with E-state index in [9.17, 15) is 9.59 Å². The molecule has 9 heteroatoms. The minimum atomic E-state index is -0.480. The van der Waals surface area contributed by atoms with Crippen LogP contribution >= 0.6 is 11.3 Å². The van der Waals surface area contributed by atoms with E-state index in [4.69, 9.17) is 4.74 Å². The lowest BCUT2D eigenvalue weighted by atomic mass is 10.1. The zero-order valence-electron chi connectivity index (χ0n) is 16.4. The van der Waals surface area contributed by atoms with Crippen LogP contribution in [-0.4, -0.2) is 67.7 Å². The molecule has 3 N–H and O–H groups in total. The van der Waals surface area contributed by atoms with E-state index in [1.165, 1.54) is 11.3 Å². The van der Waals surface area contributed by atoms with E-state index < -0.39 is 5.60 Å². The number of rotatable bonds is 6. The Balaban J connectivity index is 1.58. The maximum atomic E-state index is 11.9. The molecule has 0 saturated carbocycles. The van der Waals surface area contributed by atoms with Crippen LogP contribution in [0.25, 0.3) is 0 Å². The van der Waals surface area contributed by atoms with Gasteiger partial charge in [-0.05, 0) is 38.6 Å². The third-order valence-corrected chi connectivity index (χ3v) is 4.64. The molecule has 8 nitrogen and oxygen atoms in total. The summed E-state index contributed by atoms with van der Waals surface area (Å²) in [6.45, 7) is 8.03. The second-order valence-corrected chi connectivity index (χ2v) is 8.26. The summed E-state index contributed by atoms with van der Waals surface area (Å²) in [5.41, 5.74) is -0.480. The number of nitrogens with zero attached hydrogens (tertiary/aromatic N) is 2. The molecule has 0 unspecified atom stereocenters. The van der Waals surface area contributed by atoms with Gasteiger partial charge in [-0.2, -0.15) is 0 Å². The van der Waals surface area contributed by atoms with E-state index in [2.05, 4.69) is 20.9 Å². The maximum absolute atomic E-state index is 11.9. The number of nitrogens with one attached hydrogen (secondary N) is 3. The quantitative estimate of drug-likeness (QED) is 0.387. The molecule has 1 fully saturated rings. The predicted octanol–water partition coefficient (Wildman–Crippen LogP) is 1.65. The summed E-state index contributed by atoms with van der Waals surface area (Å²) < 4.78 is 5.34. The normalized spacial score (nSPS) is 15.1. The first-order chi connectivity index (χ1) is 12.8. The van der Waals surface area contributed by atoms with Gasteiger partial charge >= 0.3 is 6.09 Å². The lowest BCUT2D eigenvalue weighted by molar-refractivity contribution is 0.00700. The van der Waals surface area contributed by atoms with Crippen molar-refractivity contribution in [3.63, 3.8) is 0 Å². The summed E-state index contributed by atoms with van der Waals surface area (Å²) in [6, 6.07) is 3.83. The average Bonchev–Trinajstić information content (AvgIpc) is 3.08. The number of guanidine groups is 1. The third-order valence-electron chi connectivity index (χ3n) is 3.77. The fourth-order valence-corrected chi connectivity index (χ4v) is 3.07. The summed E-state index contributed by atoms with van der Waals surface area (Å²) in [4.78, 5) is 30.3. The van der Waals surface area contributed by atoms with Crippen molar-refractivity contribution in [2.45, 2.75) is 38.8 Å². The second-order valence-electron chi connectivity index (χ2n) is 7.31. The van der Waals surface area contributed by atoms with Crippen LogP contribution in [0.2, 0.25) is 0 Å². The topological polar surface area (TPSA) is 95.1 Å². The van der Waals surface area contributed by atoms with Gasteiger partial charge in [0.25, 0.3) is 5.91 Å². The van der Waals surface area contributed by atoms with Gasteiger partial charge in [0.05, 0.1) is 10.9 Å². The first kappa shape index (κ1) is 21.0. The second kappa shape index (κ2) is 9.59. The highest BCUT2D eigenvalue weighted by molar-refractivity contribution is 7.12. The molecule has 0 radical (unpaired) electrons. The van der Waals surface area contributed by atoms with Crippen LogP contribution in [0, 0.1) is 0 Å². The SMILES string of the molecule is CN=C(NCCCNC(=O)c1cccs1)NC1CN(C(=O)OC(C)(C)C)C1. The van der Waals surface area contributed by atoms with Crippen molar-refractivity contribution in [1.82, 2.24) is 20.9 Å². The molecule has 0 aromatic carbocycles. The Morgan fingerprint density at radius 1 is 1.30 bits per heavy atom. The average molecular weight is 396 g/mol. The zero-order valence-corrected chi connectivity index (χ0v) is 17.2. The summed E-state index contributed by atoms with van der Waals surface area (Å²) in [7, 11) is 1.71. The number of thiophene rings is 1. The van der Waals surface area contributed by atoms with Crippen molar-refractivity contribution in [3.05, 3.63) is 22.4 Å². The van der Waals surface area contributed by atoms with Crippen molar-refractivity contribution in [2.24, 2.45) is 4.99 Å². The van der Waals surface area contributed by atoms with Gasteiger partial charge in [0.2, 0.25) is 0 Å². The molecule has 2 amide bonds. The number of carbonyl (C=O) groups excluding carboxylic acids is 2. The Labute approximate surface area is 164 Å². The van der Waals surface area contributed by atoms with E-state index in [1.807, 2.05) is 38.3 Å². The fourth-order valence-electron chi connectivity index (χ4n) is 2.43. The molecule has 1 aromatic heterocycles. The van der Waals surface area contributed by atoms with Crippen LogP contribution in [-0.2, 0) is 4.74 Å². The molecule has 1 aliphatic heterocycles. The Morgan fingerprint density at radius 3 is 2.59 bits per heavy atom. The lowest BCUT2D eigenvalue weighted by Gasteiger charge is -2.40. The minimum absolute atomic E-state index is 0.0378. The molecule has 27 heavy (non-hydrogen) atoms. The molecule has 2 rings (SSSR count). The summed E-state index contributed by atoms with van der Waals surface area (Å²) in [6.07, 6.45) is 0.497. The van der Waals surface area contributed by atoms with Crippen molar-refractivity contribution in [2.75, 3.05) is 33.2 Å². The number of likely N-dealkylation sites (tertiary alicyclic amines) is 1. The van der Waals surface area contributed by atoms with Gasteiger partial charge in [-0.15, -0.1) is 11.3 Å². The van der Waals surface area contributed by atoms with Gasteiger partial charge in [-0.1, -0.05) is 6.07 Å². The van der Waals surface area contributed by atoms with Crippen molar-refractivity contribution < 1.29 is 14.3 Å². The molecule has 0 aliphatic carbocycles. The number of hydrogen-bond acceptors (Lipinski definition) is 5. The van der Waals surface area contributed by atoms with Gasteiger partial charge in [-0.25, -0.2) is 4.79 Å². The smallest absolute Gasteiger partial charge is 0.410 e. The van der Waals surface area contributed by atoms with Gasteiger partial charge < -0.3 is 25.6 Å². The molecular formula is C18H29N5O3S. The Morgan fingerprint density at radius 2 is 2.00 bits per heavy atom. The Hall–Kier alpha value is -2.29. The molecule has 1 aliphatic rings. The largest absolute Gasteiger partial charge is 0.444 e. The third kappa shape index (κ3) is 7.09. The minimum Gasteiger partial charge on any atom is -0.444 e. The molecule has 2 heterocycles. The van der Waals surface area contributed by atoms with Crippen LogP contribution in [0.15, 0.2) is 22.5 Å². The van der Waals surface area contributed by atoms with Gasteiger partial charge in [0.15, 0.2) is 5.96 Å². The molecule has 150 valence electrons. The summed E-state index contributed by atoms with van der Waals surface area (Å²) in [5.74, 6) is 0.651. The molecular weight excluding hydrogens is 366 g/mol. The van der Waals surface area contributed by atoms with Gasteiger partial charge in [0.1, 0.15) is 5.60 Å². The van der Waals surface area contributed by atoms with Crippen molar-refractivity contribution >= 4 is 29.3 Å². The van der Waals surface area contributed by atoms with Crippen molar-refractivity contribution in [1.29, 1.82) is 0 Å². The molecule has 0 spiro atoms. The van der Waals surface area contributed by atoms with Crippen LogP contribution in [0.4, 0.5) is 4.79 Å². The number of aliphatic imine (C=N–C) groups is 1. The first-order valence-electron chi connectivity index (χ1n) is 9.05. The van der Waals surface area contributed by atoms with Crippen LogP contribution in [0.1, 0.15) is 36.9 Å². The highest BCUT2D eigenvalue weighted by Crippen LogP contribution is 2.15. The summed E-state index contributed by atoms with van der Waals surface area (Å²) in [5, 5.41) is 11.3. The van der Waals surface area contributed by atoms with Gasteiger partial charge in [-0.3, -0.25) is 9.79 Å². The summed E-state index contributed by atoms with van der Waals surface area (Å²) >= 11 is 1.43. The van der Waals surface area contributed by atoms with E-state index >= 15 is 0 Å².